The number of carbonyl (C=O) groups excluding carboxylic acids is 1. The van der Waals surface area contributed by atoms with Gasteiger partial charge in [-0.05, 0) is 37.5 Å². The summed E-state index contributed by atoms with van der Waals surface area (Å²) in [5.74, 6) is -0.158. The van der Waals surface area contributed by atoms with Gasteiger partial charge < -0.3 is 11.1 Å². The van der Waals surface area contributed by atoms with Crippen LogP contribution in [0.3, 0.4) is 0 Å². The van der Waals surface area contributed by atoms with Gasteiger partial charge in [0.2, 0.25) is 15.9 Å². The van der Waals surface area contributed by atoms with Crippen LogP contribution in [0.2, 0.25) is 5.02 Å². The molecule has 2 rings (SSSR count). The van der Waals surface area contributed by atoms with Gasteiger partial charge in [0.05, 0.1) is 5.02 Å². The van der Waals surface area contributed by atoms with Gasteiger partial charge in [0.1, 0.15) is 4.90 Å². The number of hydrogen-bond donors (Lipinski definition) is 2. The molecular formula is C16H24ClN3O3S. The number of nitrogens with two attached hydrogens (primary N) is 1. The van der Waals surface area contributed by atoms with Crippen LogP contribution in [0.25, 0.3) is 0 Å². The Labute approximate surface area is 148 Å². The van der Waals surface area contributed by atoms with Gasteiger partial charge in [0.15, 0.2) is 0 Å². The zero-order valence-corrected chi connectivity index (χ0v) is 15.4. The number of halogens is 1. The van der Waals surface area contributed by atoms with Crippen LogP contribution in [-0.4, -0.2) is 44.3 Å². The Kier molecular flexibility index (Phi) is 6.62. The summed E-state index contributed by atoms with van der Waals surface area (Å²) in [6.07, 6.45) is 2.69. The zero-order chi connectivity index (χ0) is 17.7. The Morgan fingerprint density at radius 2 is 2.17 bits per heavy atom. The van der Waals surface area contributed by atoms with Gasteiger partial charge in [-0.3, -0.25) is 4.79 Å². The number of nitrogens with one attached hydrogen (secondary N) is 1. The molecule has 0 spiro atoms. The average molecular weight is 374 g/mol. The summed E-state index contributed by atoms with van der Waals surface area (Å²) < 4.78 is 27.6. The summed E-state index contributed by atoms with van der Waals surface area (Å²) in [5.41, 5.74) is 6.20. The maximum atomic E-state index is 13.0. The second-order valence-electron chi connectivity index (χ2n) is 6.04. The molecule has 1 atom stereocenters. The number of piperidine rings is 1. The minimum atomic E-state index is -3.70. The van der Waals surface area contributed by atoms with E-state index in [4.69, 9.17) is 17.3 Å². The van der Waals surface area contributed by atoms with E-state index in [1.165, 1.54) is 4.31 Å². The van der Waals surface area contributed by atoms with Crippen molar-refractivity contribution in [2.24, 2.45) is 5.73 Å². The van der Waals surface area contributed by atoms with Crippen molar-refractivity contribution in [3.05, 3.63) is 28.8 Å². The maximum Gasteiger partial charge on any atom is 0.244 e. The van der Waals surface area contributed by atoms with Crippen molar-refractivity contribution in [1.82, 2.24) is 9.62 Å². The number of amides is 1. The van der Waals surface area contributed by atoms with Crippen LogP contribution in [0.4, 0.5) is 0 Å². The van der Waals surface area contributed by atoms with Crippen LogP contribution in [-0.2, 0) is 14.8 Å². The Balaban J connectivity index is 2.22. The van der Waals surface area contributed by atoms with Crippen molar-refractivity contribution in [2.75, 3.05) is 19.6 Å². The van der Waals surface area contributed by atoms with Crippen molar-refractivity contribution in [3.8, 4) is 0 Å². The number of rotatable bonds is 6. The summed E-state index contributed by atoms with van der Waals surface area (Å²) in [7, 11) is -3.70. The van der Waals surface area contributed by atoms with Crippen molar-refractivity contribution in [2.45, 2.75) is 43.5 Å². The molecule has 3 N–H and O–H groups in total. The van der Waals surface area contributed by atoms with Crippen molar-refractivity contribution >= 4 is 27.5 Å². The molecule has 0 bridgehead atoms. The van der Waals surface area contributed by atoms with Crippen molar-refractivity contribution in [1.29, 1.82) is 0 Å². The van der Waals surface area contributed by atoms with Crippen molar-refractivity contribution in [3.63, 3.8) is 0 Å². The number of sulfonamides is 1. The van der Waals surface area contributed by atoms with Crippen LogP contribution < -0.4 is 11.1 Å². The minimum absolute atomic E-state index is 0.129. The Morgan fingerprint density at radius 1 is 1.42 bits per heavy atom. The molecule has 0 saturated carbocycles. The molecule has 1 unspecified atom stereocenters. The van der Waals surface area contributed by atoms with Crippen LogP contribution >= 0.6 is 11.6 Å². The van der Waals surface area contributed by atoms with Crippen LogP contribution in [0.1, 0.15) is 31.2 Å². The van der Waals surface area contributed by atoms with E-state index < -0.39 is 10.0 Å². The second kappa shape index (κ2) is 8.29. The summed E-state index contributed by atoms with van der Waals surface area (Å²) in [6, 6.07) is 4.71. The Hall–Kier alpha value is -1.15. The largest absolute Gasteiger partial charge is 0.354 e. The molecule has 8 heteroatoms. The fourth-order valence-corrected chi connectivity index (χ4v) is 5.13. The van der Waals surface area contributed by atoms with E-state index in [-0.39, 0.29) is 34.8 Å². The van der Waals surface area contributed by atoms with Crippen molar-refractivity contribution < 1.29 is 13.2 Å². The van der Waals surface area contributed by atoms with E-state index in [0.29, 0.717) is 19.5 Å². The minimum Gasteiger partial charge on any atom is -0.354 e. The summed E-state index contributed by atoms with van der Waals surface area (Å²) in [5, 5.41) is 2.99. The molecule has 1 fully saturated rings. The number of hydrogen-bond acceptors (Lipinski definition) is 4. The first kappa shape index (κ1) is 19.2. The smallest absolute Gasteiger partial charge is 0.244 e. The highest BCUT2D eigenvalue weighted by molar-refractivity contribution is 7.89. The first-order chi connectivity index (χ1) is 11.4. The molecule has 1 heterocycles. The van der Waals surface area contributed by atoms with E-state index >= 15 is 0 Å². The summed E-state index contributed by atoms with van der Waals surface area (Å²) in [4.78, 5) is 11.8. The van der Waals surface area contributed by atoms with E-state index in [1.807, 2.05) is 6.92 Å². The van der Waals surface area contributed by atoms with Gasteiger partial charge >= 0.3 is 0 Å². The molecule has 1 saturated heterocycles. The number of nitrogens with zero attached hydrogens (tertiary/aromatic N) is 1. The van der Waals surface area contributed by atoms with Gasteiger partial charge in [-0.25, -0.2) is 8.42 Å². The molecule has 0 aliphatic carbocycles. The molecule has 1 aromatic rings. The highest BCUT2D eigenvalue weighted by Gasteiger charge is 2.34. The van der Waals surface area contributed by atoms with Crippen LogP contribution in [0.5, 0.6) is 0 Å². The third-order valence-electron chi connectivity index (χ3n) is 4.15. The SMILES string of the molecule is Cc1ccc(Cl)c(S(=O)(=O)N2CCCCC2CNC(=O)CCN)c1. The van der Waals surface area contributed by atoms with Gasteiger partial charge in [-0.1, -0.05) is 24.1 Å². The Morgan fingerprint density at radius 3 is 2.88 bits per heavy atom. The average Bonchev–Trinajstić information content (AvgIpc) is 2.55. The monoisotopic (exact) mass is 373 g/mol. The highest BCUT2D eigenvalue weighted by Crippen LogP contribution is 2.30. The normalized spacial score (nSPS) is 19.2. The maximum absolute atomic E-state index is 13.0. The molecule has 6 nitrogen and oxygen atoms in total. The van der Waals surface area contributed by atoms with Gasteiger partial charge in [0.25, 0.3) is 0 Å². The van der Waals surface area contributed by atoms with Gasteiger partial charge in [-0.2, -0.15) is 4.31 Å². The molecule has 1 amide bonds. The molecule has 1 aliphatic heterocycles. The topological polar surface area (TPSA) is 92.5 Å². The zero-order valence-electron chi connectivity index (χ0n) is 13.8. The van der Waals surface area contributed by atoms with E-state index in [2.05, 4.69) is 5.32 Å². The summed E-state index contributed by atoms with van der Waals surface area (Å²) in [6.45, 7) is 2.83. The molecule has 134 valence electrons. The standard InChI is InChI=1S/C16H24ClN3O3S/c1-12-5-6-14(17)15(10-12)24(22,23)20-9-3-2-4-13(20)11-19-16(21)7-8-18/h5-6,10,13H,2-4,7-9,11,18H2,1H3,(H,19,21). The predicted molar refractivity (Wildman–Crippen MR) is 94.4 cm³/mol. The predicted octanol–water partition coefficient (Wildman–Crippen LogP) is 1.66. The lowest BCUT2D eigenvalue weighted by Crippen LogP contribution is -2.49. The third kappa shape index (κ3) is 4.47. The number of benzene rings is 1. The lowest BCUT2D eigenvalue weighted by molar-refractivity contribution is -0.121. The first-order valence-corrected chi connectivity index (χ1v) is 9.93. The third-order valence-corrected chi connectivity index (χ3v) is 6.59. The van der Waals surface area contributed by atoms with Crippen LogP contribution in [0, 0.1) is 6.92 Å². The highest BCUT2D eigenvalue weighted by atomic mass is 35.5. The van der Waals surface area contributed by atoms with Crippen LogP contribution in [0.15, 0.2) is 23.1 Å². The molecular weight excluding hydrogens is 350 g/mol. The molecule has 1 aromatic carbocycles. The fraction of sp³-hybridized carbons (Fsp3) is 0.562. The lowest BCUT2D eigenvalue weighted by atomic mass is 10.1. The van der Waals surface area contributed by atoms with E-state index in [0.717, 1.165) is 18.4 Å². The molecule has 0 aromatic heterocycles. The second-order valence-corrected chi connectivity index (χ2v) is 8.31. The number of carbonyl (C=O) groups is 1. The number of aryl methyl sites for hydroxylation is 1. The van der Waals surface area contributed by atoms with Gasteiger partial charge in [-0.15, -0.1) is 0 Å². The lowest BCUT2D eigenvalue weighted by Gasteiger charge is -2.35. The van der Waals surface area contributed by atoms with Gasteiger partial charge in [0, 0.05) is 32.1 Å². The molecule has 1 aliphatic rings. The molecule has 0 radical (unpaired) electrons. The first-order valence-electron chi connectivity index (χ1n) is 8.11. The fourth-order valence-electron chi connectivity index (χ4n) is 2.88. The quantitative estimate of drug-likeness (QED) is 0.793. The van der Waals surface area contributed by atoms with E-state index in [1.54, 1.807) is 18.2 Å². The Bertz CT molecular complexity index is 694. The summed E-state index contributed by atoms with van der Waals surface area (Å²) >= 11 is 6.13. The molecule has 24 heavy (non-hydrogen) atoms. The van der Waals surface area contributed by atoms with E-state index in [9.17, 15) is 13.2 Å².